The van der Waals surface area contributed by atoms with Gasteiger partial charge in [-0.25, -0.2) is 0 Å². The first kappa shape index (κ1) is 11.9. The van der Waals surface area contributed by atoms with Crippen LogP contribution in [0.5, 0.6) is 0 Å². The first-order valence-corrected chi connectivity index (χ1v) is 6.10. The number of carbonyl (C=O) groups is 1. The molecule has 1 amide bonds. The predicted octanol–water partition coefficient (Wildman–Crippen LogP) is 1.53. The van der Waals surface area contributed by atoms with Crippen LogP contribution >= 0.6 is 45.6 Å². The average molecular weight is 410 g/mol. The fraction of sp³-hybridized carbons (Fsp3) is 0.857. The van der Waals surface area contributed by atoms with Gasteiger partial charge in [-0.05, 0) is 0 Å². The van der Waals surface area contributed by atoms with Gasteiger partial charge in [0.1, 0.15) is 23.0 Å². The van der Waals surface area contributed by atoms with E-state index in [2.05, 4.69) is 4.90 Å². The number of carbonyl (C=O) groups excluding carboxylic acids is 1. The standard InChI is InChI=1S/C7H12I2N2O2/c8-7(12)11-3-1-10(2-4-11)5-6-13-9/h1-6H2. The zero-order valence-electron chi connectivity index (χ0n) is 7.21. The van der Waals surface area contributed by atoms with Crippen molar-refractivity contribution in [2.75, 3.05) is 39.3 Å². The van der Waals surface area contributed by atoms with Gasteiger partial charge in [0, 0.05) is 55.3 Å². The smallest absolute Gasteiger partial charge is 0.283 e. The minimum Gasteiger partial charge on any atom is -0.332 e. The molecule has 0 saturated carbocycles. The van der Waals surface area contributed by atoms with Crippen LogP contribution in [0.4, 0.5) is 4.79 Å². The summed E-state index contributed by atoms with van der Waals surface area (Å²) in [7, 11) is 0. The summed E-state index contributed by atoms with van der Waals surface area (Å²) in [5.74, 6) is 0. The number of nitrogens with zero attached hydrogens (tertiary/aromatic N) is 2. The Morgan fingerprint density at radius 3 is 2.38 bits per heavy atom. The Bertz CT molecular complexity index is 172. The zero-order chi connectivity index (χ0) is 9.68. The van der Waals surface area contributed by atoms with Crippen molar-refractivity contribution in [3.63, 3.8) is 0 Å². The third kappa shape index (κ3) is 4.26. The first-order valence-electron chi connectivity index (χ1n) is 4.14. The van der Waals surface area contributed by atoms with Gasteiger partial charge in [-0.3, -0.25) is 9.69 Å². The van der Waals surface area contributed by atoms with Gasteiger partial charge in [-0.1, -0.05) is 0 Å². The van der Waals surface area contributed by atoms with Crippen LogP contribution in [-0.2, 0) is 3.07 Å². The molecule has 1 heterocycles. The molecule has 0 radical (unpaired) electrons. The molecule has 0 aliphatic carbocycles. The van der Waals surface area contributed by atoms with Crippen molar-refractivity contribution >= 4 is 49.5 Å². The predicted molar refractivity (Wildman–Crippen MR) is 67.4 cm³/mol. The highest BCUT2D eigenvalue weighted by Crippen LogP contribution is 2.06. The summed E-state index contributed by atoms with van der Waals surface area (Å²) in [5, 5.41) is 0. The molecule has 1 rings (SSSR count). The van der Waals surface area contributed by atoms with Crippen LogP contribution in [0.3, 0.4) is 0 Å². The lowest BCUT2D eigenvalue weighted by Gasteiger charge is -2.33. The highest BCUT2D eigenvalue weighted by molar-refractivity contribution is 14.1. The lowest BCUT2D eigenvalue weighted by atomic mass is 10.3. The Kier molecular flexibility index (Phi) is 5.83. The largest absolute Gasteiger partial charge is 0.332 e. The molecule has 1 saturated heterocycles. The van der Waals surface area contributed by atoms with Crippen molar-refractivity contribution in [1.82, 2.24) is 9.80 Å². The molecule has 0 atom stereocenters. The van der Waals surface area contributed by atoms with Crippen molar-refractivity contribution in [2.24, 2.45) is 0 Å². The number of hydrogen-bond donors (Lipinski definition) is 0. The van der Waals surface area contributed by atoms with Gasteiger partial charge in [0.25, 0.3) is 3.91 Å². The normalized spacial score (nSPS) is 19.1. The molecular formula is C7H12I2N2O2. The molecule has 13 heavy (non-hydrogen) atoms. The molecule has 0 aromatic heterocycles. The van der Waals surface area contributed by atoms with E-state index in [9.17, 15) is 4.79 Å². The summed E-state index contributed by atoms with van der Waals surface area (Å²) in [5.41, 5.74) is 0. The Hall–Kier alpha value is 0.850. The third-order valence-corrected chi connectivity index (χ3v) is 3.23. The second kappa shape index (κ2) is 6.36. The monoisotopic (exact) mass is 410 g/mol. The van der Waals surface area contributed by atoms with E-state index in [0.29, 0.717) is 0 Å². The molecule has 6 heteroatoms. The third-order valence-electron chi connectivity index (χ3n) is 2.11. The second-order valence-corrected chi connectivity index (χ2v) is 4.44. The van der Waals surface area contributed by atoms with Crippen molar-refractivity contribution in [3.8, 4) is 0 Å². The van der Waals surface area contributed by atoms with Crippen LogP contribution < -0.4 is 0 Å². The SMILES string of the molecule is O=C(I)N1CCN(CCOI)CC1. The Labute approximate surface area is 106 Å². The fourth-order valence-electron chi connectivity index (χ4n) is 1.31. The van der Waals surface area contributed by atoms with Gasteiger partial charge in [-0.15, -0.1) is 0 Å². The maximum absolute atomic E-state index is 11.0. The van der Waals surface area contributed by atoms with Crippen molar-refractivity contribution in [3.05, 3.63) is 0 Å². The molecule has 0 aromatic rings. The summed E-state index contributed by atoms with van der Waals surface area (Å²) in [6.45, 7) is 5.36. The molecule has 0 bridgehead atoms. The summed E-state index contributed by atoms with van der Waals surface area (Å²) in [6.07, 6.45) is 0. The van der Waals surface area contributed by atoms with E-state index < -0.39 is 0 Å². The summed E-state index contributed by atoms with van der Waals surface area (Å²) in [4.78, 5) is 15.2. The van der Waals surface area contributed by atoms with Crippen molar-refractivity contribution in [2.45, 2.75) is 0 Å². The molecule has 0 spiro atoms. The molecule has 0 aromatic carbocycles. The quantitative estimate of drug-likeness (QED) is 0.402. The fourth-order valence-corrected chi connectivity index (χ4v) is 1.99. The van der Waals surface area contributed by atoms with Crippen LogP contribution in [0.15, 0.2) is 0 Å². The van der Waals surface area contributed by atoms with Gasteiger partial charge >= 0.3 is 0 Å². The molecule has 0 unspecified atom stereocenters. The number of halogens is 2. The maximum Gasteiger partial charge on any atom is 0.283 e. The Morgan fingerprint density at radius 1 is 1.31 bits per heavy atom. The Morgan fingerprint density at radius 2 is 1.92 bits per heavy atom. The molecule has 76 valence electrons. The topological polar surface area (TPSA) is 32.8 Å². The van der Waals surface area contributed by atoms with Crippen LogP contribution in [0, 0.1) is 0 Å². The summed E-state index contributed by atoms with van der Waals surface area (Å²) in [6, 6.07) is 0. The summed E-state index contributed by atoms with van der Waals surface area (Å²) < 4.78 is 5.12. The first-order chi connectivity index (χ1) is 6.24. The van der Waals surface area contributed by atoms with Gasteiger partial charge in [0.05, 0.1) is 6.61 Å². The minimum absolute atomic E-state index is 0.155. The van der Waals surface area contributed by atoms with E-state index in [0.717, 1.165) is 39.3 Å². The molecular weight excluding hydrogens is 398 g/mol. The molecule has 4 nitrogen and oxygen atoms in total. The second-order valence-electron chi connectivity index (χ2n) is 2.89. The van der Waals surface area contributed by atoms with Crippen LogP contribution in [0.1, 0.15) is 0 Å². The lowest BCUT2D eigenvalue weighted by Crippen LogP contribution is -2.47. The van der Waals surface area contributed by atoms with E-state index in [1.165, 1.54) is 0 Å². The number of hydrogen-bond acceptors (Lipinski definition) is 3. The number of piperazine rings is 1. The molecule has 1 aliphatic heterocycles. The number of amides is 1. The van der Waals surface area contributed by atoms with Crippen molar-refractivity contribution < 1.29 is 7.86 Å². The number of rotatable bonds is 3. The van der Waals surface area contributed by atoms with E-state index in [-0.39, 0.29) is 3.91 Å². The van der Waals surface area contributed by atoms with Crippen LogP contribution in [0.2, 0.25) is 0 Å². The van der Waals surface area contributed by atoms with Crippen LogP contribution in [0.25, 0.3) is 0 Å². The molecule has 0 N–H and O–H groups in total. The highest BCUT2D eigenvalue weighted by atomic mass is 127. The van der Waals surface area contributed by atoms with Gasteiger partial charge in [0.2, 0.25) is 0 Å². The van der Waals surface area contributed by atoms with E-state index in [4.69, 9.17) is 3.07 Å². The van der Waals surface area contributed by atoms with Gasteiger partial charge in [-0.2, -0.15) is 0 Å². The lowest BCUT2D eigenvalue weighted by molar-refractivity contribution is 0.146. The molecule has 1 fully saturated rings. The minimum atomic E-state index is 0.155. The average Bonchev–Trinajstić information content (AvgIpc) is 2.15. The van der Waals surface area contributed by atoms with E-state index in [1.807, 2.05) is 50.5 Å². The summed E-state index contributed by atoms with van der Waals surface area (Å²) >= 11 is 3.75. The van der Waals surface area contributed by atoms with Crippen LogP contribution in [-0.4, -0.2) is 53.0 Å². The highest BCUT2D eigenvalue weighted by Gasteiger charge is 2.18. The van der Waals surface area contributed by atoms with Gasteiger partial charge < -0.3 is 7.97 Å². The van der Waals surface area contributed by atoms with Gasteiger partial charge in [0.15, 0.2) is 0 Å². The maximum atomic E-state index is 11.0. The molecule has 1 aliphatic rings. The Balaban J connectivity index is 2.18. The van der Waals surface area contributed by atoms with Crippen molar-refractivity contribution in [1.29, 1.82) is 0 Å². The van der Waals surface area contributed by atoms with E-state index in [1.54, 1.807) is 0 Å². The zero-order valence-corrected chi connectivity index (χ0v) is 11.5. The van der Waals surface area contributed by atoms with E-state index >= 15 is 0 Å².